The van der Waals surface area contributed by atoms with Gasteiger partial charge in [0.2, 0.25) is 11.7 Å². The quantitative estimate of drug-likeness (QED) is 0.882. The molecule has 5 nitrogen and oxygen atoms in total. The number of phenols is 1. The van der Waals surface area contributed by atoms with Gasteiger partial charge in [-0.2, -0.15) is 4.98 Å². The van der Waals surface area contributed by atoms with E-state index in [1.54, 1.807) is 24.3 Å². The van der Waals surface area contributed by atoms with Crippen LogP contribution in [0.3, 0.4) is 0 Å². The van der Waals surface area contributed by atoms with Gasteiger partial charge in [0.25, 0.3) is 0 Å². The zero-order chi connectivity index (χ0) is 13.3. The number of hydrogen-bond acceptors (Lipinski definition) is 5. The third-order valence-electron chi connectivity index (χ3n) is 3.96. The molecule has 0 saturated heterocycles. The van der Waals surface area contributed by atoms with Crippen LogP contribution in [0.15, 0.2) is 28.8 Å². The van der Waals surface area contributed by atoms with Gasteiger partial charge in [-0.3, -0.25) is 0 Å². The van der Waals surface area contributed by atoms with Crippen molar-refractivity contribution in [2.24, 2.45) is 5.73 Å². The van der Waals surface area contributed by atoms with E-state index in [0.29, 0.717) is 18.3 Å². The van der Waals surface area contributed by atoms with E-state index < -0.39 is 0 Å². The van der Waals surface area contributed by atoms with Crippen LogP contribution in [0.4, 0.5) is 0 Å². The van der Waals surface area contributed by atoms with Crippen LogP contribution in [-0.2, 0) is 5.41 Å². The van der Waals surface area contributed by atoms with Crippen LogP contribution >= 0.6 is 0 Å². The molecular weight excluding hydrogens is 242 g/mol. The van der Waals surface area contributed by atoms with Crippen LogP contribution in [0.25, 0.3) is 11.4 Å². The summed E-state index contributed by atoms with van der Waals surface area (Å²) in [5.74, 6) is 1.42. The minimum atomic E-state index is -0.137. The summed E-state index contributed by atoms with van der Waals surface area (Å²) in [6, 6.07) is 6.76. The summed E-state index contributed by atoms with van der Waals surface area (Å²) in [5.41, 5.74) is 6.60. The van der Waals surface area contributed by atoms with E-state index in [2.05, 4.69) is 10.1 Å². The molecule has 1 saturated carbocycles. The largest absolute Gasteiger partial charge is 0.508 e. The standard InChI is InChI=1S/C14H17N3O2/c15-9-14(7-1-2-8-14)13-16-12(17-19-13)10-3-5-11(18)6-4-10/h3-6,18H,1-2,7-9,15H2. The van der Waals surface area contributed by atoms with E-state index in [1.165, 1.54) is 0 Å². The van der Waals surface area contributed by atoms with E-state index >= 15 is 0 Å². The number of nitrogens with two attached hydrogens (primary N) is 1. The molecule has 100 valence electrons. The minimum Gasteiger partial charge on any atom is -0.508 e. The molecule has 2 aromatic rings. The summed E-state index contributed by atoms with van der Waals surface area (Å²) in [6.45, 7) is 0.546. The molecule has 1 heterocycles. The van der Waals surface area contributed by atoms with Gasteiger partial charge in [-0.15, -0.1) is 0 Å². The van der Waals surface area contributed by atoms with Crippen LogP contribution in [-0.4, -0.2) is 21.8 Å². The molecule has 1 aliphatic carbocycles. The van der Waals surface area contributed by atoms with Crippen molar-refractivity contribution >= 4 is 0 Å². The number of aromatic nitrogens is 2. The van der Waals surface area contributed by atoms with Crippen LogP contribution < -0.4 is 5.73 Å². The van der Waals surface area contributed by atoms with Crippen molar-refractivity contribution in [1.29, 1.82) is 0 Å². The van der Waals surface area contributed by atoms with E-state index in [4.69, 9.17) is 10.3 Å². The van der Waals surface area contributed by atoms with E-state index in [-0.39, 0.29) is 11.2 Å². The third kappa shape index (κ3) is 2.10. The smallest absolute Gasteiger partial charge is 0.234 e. The number of phenolic OH excluding ortho intramolecular Hbond substituents is 1. The van der Waals surface area contributed by atoms with Gasteiger partial charge in [0.15, 0.2) is 0 Å². The molecule has 0 radical (unpaired) electrons. The highest BCUT2D eigenvalue weighted by molar-refractivity contribution is 5.55. The molecule has 0 aliphatic heterocycles. The first-order valence-corrected chi connectivity index (χ1v) is 6.57. The Morgan fingerprint density at radius 2 is 1.89 bits per heavy atom. The highest BCUT2D eigenvalue weighted by Crippen LogP contribution is 2.39. The molecule has 1 fully saturated rings. The average molecular weight is 259 g/mol. The van der Waals surface area contributed by atoms with Gasteiger partial charge in [0, 0.05) is 12.1 Å². The topological polar surface area (TPSA) is 85.2 Å². The van der Waals surface area contributed by atoms with Crippen LogP contribution in [0, 0.1) is 0 Å². The Balaban J connectivity index is 1.92. The summed E-state index contributed by atoms with van der Waals surface area (Å²) in [7, 11) is 0. The molecule has 3 N–H and O–H groups in total. The molecule has 5 heteroatoms. The Kier molecular flexibility index (Phi) is 2.98. The molecule has 1 aromatic carbocycles. The lowest BCUT2D eigenvalue weighted by atomic mass is 9.86. The monoisotopic (exact) mass is 259 g/mol. The van der Waals surface area contributed by atoms with Gasteiger partial charge in [0.05, 0.1) is 5.41 Å². The second-order valence-corrected chi connectivity index (χ2v) is 5.16. The van der Waals surface area contributed by atoms with Gasteiger partial charge in [0.1, 0.15) is 5.75 Å². The van der Waals surface area contributed by atoms with Gasteiger partial charge < -0.3 is 15.4 Å². The summed E-state index contributed by atoms with van der Waals surface area (Å²) in [4.78, 5) is 4.50. The fourth-order valence-electron chi connectivity index (χ4n) is 2.72. The number of rotatable bonds is 3. The third-order valence-corrected chi connectivity index (χ3v) is 3.96. The number of nitrogens with zero attached hydrogens (tertiary/aromatic N) is 2. The molecule has 0 unspecified atom stereocenters. The first-order valence-electron chi connectivity index (χ1n) is 6.57. The second-order valence-electron chi connectivity index (χ2n) is 5.16. The zero-order valence-electron chi connectivity index (χ0n) is 10.7. The van der Waals surface area contributed by atoms with Crippen molar-refractivity contribution in [2.45, 2.75) is 31.1 Å². The van der Waals surface area contributed by atoms with Crippen LogP contribution in [0.1, 0.15) is 31.6 Å². The molecule has 1 aromatic heterocycles. The second kappa shape index (κ2) is 4.66. The van der Waals surface area contributed by atoms with Crippen molar-refractivity contribution < 1.29 is 9.63 Å². The molecule has 1 aliphatic rings. The maximum Gasteiger partial charge on any atom is 0.234 e. The van der Waals surface area contributed by atoms with Gasteiger partial charge >= 0.3 is 0 Å². The predicted octanol–water partition coefficient (Wildman–Crippen LogP) is 2.21. The lowest BCUT2D eigenvalue weighted by molar-refractivity contribution is 0.284. The summed E-state index contributed by atoms with van der Waals surface area (Å²) in [6.07, 6.45) is 4.35. The van der Waals surface area contributed by atoms with E-state index in [0.717, 1.165) is 31.2 Å². The van der Waals surface area contributed by atoms with Gasteiger partial charge in [-0.25, -0.2) is 0 Å². The average Bonchev–Trinajstić information content (AvgIpc) is 3.09. The Morgan fingerprint density at radius 3 is 2.53 bits per heavy atom. The van der Waals surface area contributed by atoms with Crippen molar-refractivity contribution in [3.63, 3.8) is 0 Å². The molecule has 19 heavy (non-hydrogen) atoms. The van der Waals surface area contributed by atoms with Gasteiger partial charge in [-0.05, 0) is 37.1 Å². The van der Waals surface area contributed by atoms with Crippen molar-refractivity contribution in [1.82, 2.24) is 10.1 Å². The highest BCUT2D eigenvalue weighted by atomic mass is 16.5. The Bertz CT molecular complexity index is 556. The summed E-state index contributed by atoms with van der Waals surface area (Å²) >= 11 is 0. The molecular formula is C14H17N3O2. The maximum absolute atomic E-state index is 9.28. The van der Waals surface area contributed by atoms with Crippen LogP contribution in [0.2, 0.25) is 0 Å². The predicted molar refractivity (Wildman–Crippen MR) is 70.6 cm³/mol. The maximum atomic E-state index is 9.28. The molecule has 0 spiro atoms. The first kappa shape index (κ1) is 12.2. The SMILES string of the molecule is NCC1(c2nc(-c3ccc(O)cc3)no2)CCCC1. The highest BCUT2D eigenvalue weighted by Gasteiger charge is 2.39. The Labute approximate surface area is 111 Å². The number of benzene rings is 1. The van der Waals surface area contributed by atoms with Crippen molar-refractivity contribution in [3.8, 4) is 17.1 Å². The Hall–Kier alpha value is -1.88. The van der Waals surface area contributed by atoms with Gasteiger partial charge in [-0.1, -0.05) is 18.0 Å². The lowest BCUT2D eigenvalue weighted by Crippen LogP contribution is -2.32. The number of aromatic hydroxyl groups is 1. The number of hydrogen-bond donors (Lipinski definition) is 2. The molecule has 3 rings (SSSR count). The molecule has 0 atom stereocenters. The van der Waals surface area contributed by atoms with Crippen molar-refractivity contribution in [2.75, 3.05) is 6.54 Å². The van der Waals surface area contributed by atoms with Crippen LogP contribution in [0.5, 0.6) is 5.75 Å². The first-order chi connectivity index (χ1) is 9.23. The van der Waals surface area contributed by atoms with E-state index in [1.807, 2.05) is 0 Å². The lowest BCUT2D eigenvalue weighted by Gasteiger charge is -2.21. The Morgan fingerprint density at radius 1 is 1.21 bits per heavy atom. The van der Waals surface area contributed by atoms with E-state index in [9.17, 15) is 5.11 Å². The minimum absolute atomic E-state index is 0.137. The summed E-state index contributed by atoms with van der Waals surface area (Å²) < 4.78 is 5.42. The zero-order valence-corrected chi connectivity index (χ0v) is 10.7. The normalized spacial score (nSPS) is 17.7. The molecule has 0 amide bonds. The summed E-state index contributed by atoms with van der Waals surface area (Å²) in [5, 5.41) is 13.3. The molecule has 0 bridgehead atoms. The fourth-order valence-corrected chi connectivity index (χ4v) is 2.72. The fraction of sp³-hybridized carbons (Fsp3) is 0.429. The van der Waals surface area contributed by atoms with Crippen molar-refractivity contribution in [3.05, 3.63) is 30.2 Å².